The number of guanidine groups is 1. The Labute approximate surface area is 169 Å². The van der Waals surface area contributed by atoms with Crippen LogP contribution < -0.4 is 10.6 Å². The summed E-state index contributed by atoms with van der Waals surface area (Å²) in [7, 11) is 0. The molecule has 0 aliphatic carbocycles. The number of nitriles is 1. The standard InChI is InChI=1S/C22H22FN5O/c1-3-25-22(26-12-18-10-16(11-24)6-9-20(18)23)27-13-19-14-29-21(28-19)17-7-4-15(2)5-8-17/h4-10,14H,3,12-13H2,1-2H3,(H2,25,26,27). The number of rotatable bonds is 6. The molecule has 0 aliphatic heterocycles. The van der Waals surface area contributed by atoms with Gasteiger partial charge in [0.15, 0.2) is 5.96 Å². The Morgan fingerprint density at radius 3 is 2.72 bits per heavy atom. The summed E-state index contributed by atoms with van der Waals surface area (Å²) in [5, 5.41) is 15.2. The van der Waals surface area contributed by atoms with Crippen molar-refractivity contribution in [3.8, 4) is 17.5 Å². The summed E-state index contributed by atoms with van der Waals surface area (Å²) in [5.74, 6) is 0.691. The van der Waals surface area contributed by atoms with Crippen molar-refractivity contribution in [2.24, 2.45) is 4.99 Å². The molecule has 3 aromatic rings. The lowest BCUT2D eigenvalue weighted by Crippen LogP contribution is -2.36. The maximum atomic E-state index is 13.9. The zero-order valence-corrected chi connectivity index (χ0v) is 16.4. The second kappa shape index (κ2) is 9.51. The van der Waals surface area contributed by atoms with Crippen LogP contribution >= 0.6 is 0 Å². The predicted octanol–water partition coefficient (Wildman–Crippen LogP) is 3.92. The number of aromatic nitrogens is 1. The van der Waals surface area contributed by atoms with Crippen LogP contribution in [0.15, 0.2) is 58.1 Å². The number of hydrogen-bond acceptors (Lipinski definition) is 4. The van der Waals surface area contributed by atoms with Crippen LogP contribution in [0.2, 0.25) is 0 Å². The van der Waals surface area contributed by atoms with Crippen molar-refractivity contribution in [2.75, 3.05) is 6.54 Å². The molecule has 0 aliphatic rings. The minimum Gasteiger partial charge on any atom is -0.444 e. The largest absolute Gasteiger partial charge is 0.444 e. The van der Waals surface area contributed by atoms with Gasteiger partial charge >= 0.3 is 0 Å². The zero-order valence-electron chi connectivity index (χ0n) is 16.4. The highest BCUT2D eigenvalue weighted by Crippen LogP contribution is 2.19. The third-order valence-corrected chi connectivity index (χ3v) is 4.21. The van der Waals surface area contributed by atoms with Crippen LogP contribution in [-0.2, 0) is 13.1 Å². The van der Waals surface area contributed by atoms with Crippen LogP contribution in [0, 0.1) is 24.1 Å². The molecular formula is C22H22FN5O. The smallest absolute Gasteiger partial charge is 0.226 e. The van der Waals surface area contributed by atoms with Gasteiger partial charge in [-0.25, -0.2) is 14.4 Å². The summed E-state index contributed by atoms with van der Waals surface area (Å²) in [6, 6.07) is 14.2. The molecule has 3 rings (SSSR count). The second-order valence-electron chi connectivity index (χ2n) is 6.48. The van der Waals surface area contributed by atoms with E-state index in [1.54, 1.807) is 6.26 Å². The van der Waals surface area contributed by atoms with E-state index in [1.807, 2.05) is 44.2 Å². The van der Waals surface area contributed by atoms with Crippen molar-refractivity contribution >= 4 is 5.96 Å². The first-order chi connectivity index (χ1) is 14.1. The monoisotopic (exact) mass is 391 g/mol. The topological polar surface area (TPSA) is 86.2 Å². The summed E-state index contributed by atoms with van der Waals surface area (Å²) < 4.78 is 19.5. The molecule has 0 amide bonds. The first-order valence-electron chi connectivity index (χ1n) is 9.31. The van der Waals surface area contributed by atoms with Crippen LogP contribution in [-0.4, -0.2) is 17.5 Å². The number of nitrogens with zero attached hydrogens (tertiary/aromatic N) is 3. The van der Waals surface area contributed by atoms with Gasteiger partial charge in [-0.2, -0.15) is 5.26 Å². The minimum atomic E-state index is -0.386. The van der Waals surface area contributed by atoms with Gasteiger partial charge in [0.2, 0.25) is 5.89 Å². The van der Waals surface area contributed by atoms with Crippen LogP contribution in [0.3, 0.4) is 0 Å². The van der Waals surface area contributed by atoms with Gasteiger partial charge in [-0.15, -0.1) is 0 Å². The van der Waals surface area contributed by atoms with E-state index in [9.17, 15) is 4.39 Å². The van der Waals surface area contributed by atoms with E-state index < -0.39 is 0 Å². The van der Waals surface area contributed by atoms with Gasteiger partial charge in [-0.3, -0.25) is 0 Å². The number of hydrogen-bond donors (Lipinski definition) is 2. The van der Waals surface area contributed by atoms with E-state index in [-0.39, 0.29) is 12.4 Å². The highest BCUT2D eigenvalue weighted by Gasteiger charge is 2.08. The van der Waals surface area contributed by atoms with E-state index in [2.05, 4.69) is 20.6 Å². The molecule has 2 aromatic carbocycles. The molecular weight excluding hydrogens is 369 g/mol. The normalized spacial score (nSPS) is 11.2. The molecule has 0 unspecified atom stereocenters. The molecule has 1 heterocycles. The molecule has 0 spiro atoms. The van der Waals surface area contributed by atoms with E-state index >= 15 is 0 Å². The van der Waals surface area contributed by atoms with Gasteiger partial charge in [-0.05, 0) is 44.2 Å². The Morgan fingerprint density at radius 2 is 2.00 bits per heavy atom. The molecule has 0 radical (unpaired) electrons. The third-order valence-electron chi connectivity index (χ3n) is 4.21. The maximum absolute atomic E-state index is 13.9. The SMILES string of the molecule is CCNC(=NCc1cc(C#N)ccc1F)NCc1coc(-c2ccc(C)cc2)n1. The molecule has 6 nitrogen and oxygen atoms in total. The predicted molar refractivity (Wildman–Crippen MR) is 109 cm³/mol. The van der Waals surface area contributed by atoms with Gasteiger partial charge < -0.3 is 15.1 Å². The lowest BCUT2D eigenvalue weighted by atomic mass is 10.1. The molecule has 0 saturated heterocycles. The molecule has 0 bridgehead atoms. The Kier molecular flexibility index (Phi) is 6.59. The fraction of sp³-hybridized carbons (Fsp3) is 0.227. The molecule has 0 fully saturated rings. The van der Waals surface area contributed by atoms with Crippen molar-refractivity contribution in [1.29, 1.82) is 5.26 Å². The maximum Gasteiger partial charge on any atom is 0.226 e. The third kappa shape index (κ3) is 5.42. The van der Waals surface area contributed by atoms with Gasteiger partial charge in [0.25, 0.3) is 0 Å². The summed E-state index contributed by atoms with van der Waals surface area (Å²) >= 11 is 0. The highest BCUT2D eigenvalue weighted by atomic mass is 19.1. The molecule has 29 heavy (non-hydrogen) atoms. The number of aryl methyl sites for hydroxylation is 1. The Hall–Kier alpha value is -3.66. The summed E-state index contributed by atoms with van der Waals surface area (Å²) in [6.45, 7) is 5.14. The molecule has 7 heteroatoms. The number of aliphatic imine (C=N–C) groups is 1. The summed E-state index contributed by atoms with van der Waals surface area (Å²) in [5.41, 5.74) is 3.58. The average Bonchev–Trinajstić information content (AvgIpc) is 3.20. The highest BCUT2D eigenvalue weighted by molar-refractivity contribution is 5.79. The van der Waals surface area contributed by atoms with Gasteiger partial charge in [0, 0.05) is 17.7 Å². The fourth-order valence-electron chi connectivity index (χ4n) is 2.66. The van der Waals surface area contributed by atoms with Crippen LogP contribution in [0.4, 0.5) is 4.39 Å². The van der Waals surface area contributed by atoms with Crippen molar-refractivity contribution in [3.05, 3.63) is 76.9 Å². The van der Waals surface area contributed by atoms with Crippen LogP contribution in [0.1, 0.15) is 29.3 Å². The Morgan fingerprint density at radius 1 is 1.21 bits per heavy atom. The van der Waals surface area contributed by atoms with Gasteiger partial charge in [0.1, 0.15) is 12.1 Å². The molecule has 2 N–H and O–H groups in total. The van der Waals surface area contributed by atoms with Crippen molar-refractivity contribution < 1.29 is 8.81 Å². The summed E-state index contributed by atoms with van der Waals surface area (Å²) in [4.78, 5) is 8.89. The number of oxazole rings is 1. The fourth-order valence-corrected chi connectivity index (χ4v) is 2.66. The van der Waals surface area contributed by atoms with Crippen molar-refractivity contribution in [1.82, 2.24) is 15.6 Å². The lowest BCUT2D eigenvalue weighted by Gasteiger charge is -2.10. The van der Waals surface area contributed by atoms with E-state index in [0.29, 0.717) is 36.1 Å². The van der Waals surface area contributed by atoms with Crippen LogP contribution in [0.5, 0.6) is 0 Å². The molecule has 1 aromatic heterocycles. The van der Waals surface area contributed by atoms with E-state index in [1.165, 1.54) is 23.8 Å². The molecule has 0 saturated carbocycles. The first kappa shape index (κ1) is 20.1. The molecule has 148 valence electrons. The van der Waals surface area contributed by atoms with Gasteiger partial charge in [-0.1, -0.05) is 17.7 Å². The van der Waals surface area contributed by atoms with E-state index in [0.717, 1.165) is 11.3 Å². The lowest BCUT2D eigenvalue weighted by molar-refractivity contribution is 0.572. The quantitative estimate of drug-likeness (QED) is 0.491. The Bertz CT molecular complexity index is 1030. The number of benzene rings is 2. The summed E-state index contributed by atoms with van der Waals surface area (Å²) in [6.07, 6.45) is 1.60. The average molecular weight is 391 g/mol. The first-order valence-corrected chi connectivity index (χ1v) is 9.31. The van der Waals surface area contributed by atoms with E-state index in [4.69, 9.17) is 9.68 Å². The van der Waals surface area contributed by atoms with Crippen molar-refractivity contribution in [3.63, 3.8) is 0 Å². The number of halogens is 1. The van der Waals surface area contributed by atoms with Gasteiger partial charge in [0.05, 0.1) is 30.4 Å². The van der Waals surface area contributed by atoms with Crippen LogP contribution in [0.25, 0.3) is 11.5 Å². The Balaban J connectivity index is 1.66. The minimum absolute atomic E-state index is 0.115. The number of nitrogens with one attached hydrogen (secondary N) is 2. The second-order valence-corrected chi connectivity index (χ2v) is 6.48. The van der Waals surface area contributed by atoms with Crippen molar-refractivity contribution in [2.45, 2.75) is 26.9 Å². The zero-order chi connectivity index (χ0) is 20.6. The molecule has 0 atom stereocenters.